The van der Waals surface area contributed by atoms with Crippen LogP contribution in [0, 0.1) is 11.6 Å². The normalized spacial score (nSPS) is 18.5. The smallest absolute Gasteiger partial charge is 0.341 e. The second-order valence-electron chi connectivity index (χ2n) is 4.41. The number of carbonyl (C=O) groups is 1. The van der Waals surface area contributed by atoms with E-state index in [4.69, 9.17) is 15.2 Å². The quantitative estimate of drug-likeness (QED) is 0.674. The van der Waals surface area contributed by atoms with Crippen molar-refractivity contribution in [1.82, 2.24) is 0 Å². The van der Waals surface area contributed by atoms with Gasteiger partial charge in [0.05, 0.1) is 24.0 Å². The van der Waals surface area contributed by atoms with Crippen LogP contribution in [0.2, 0.25) is 0 Å². The van der Waals surface area contributed by atoms with Crippen molar-refractivity contribution in [3.8, 4) is 0 Å². The van der Waals surface area contributed by atoms with Crippen molar-refractivity contribution in [2.24, 2.45) is 0 Å². The molecule has 0 saturated carbocycles. The summed E-state index contributed by atoms with van der Waals surface area (Å²) in [5, 5.41) is 0. The highest BCUT2D eigenvalue weighted by Gasteiger charge is 2.19. The number of hydrogen-bond donors (Lipinski definition) is 1. The predicted molar refractivity (Wildman–Crippen MR) is 64.6 cm³/mol. The van der Waals surface area contributed by atoms with Gasteiger partial charge in [-0.1, -0.05) is 0 Å². The Kier molecular flexibility index (Phi) is 4.31. The summed E-state index contributed by atoms with van der Waals surface area (Å²) in [7, 11) is 0. The lowest BCUT2D eigenvalue weighted by Crippen LogP contribution is -2.14. The molecule has 1 aromatic rings. The number of nitrogen functional groups attached to an aromatic ring is 1. The molecule has 1 unspecified atom stereocenters. The van der Waals surface area contributed by atoms with Crippen LogP contribution >= 0.6 is 0 Å². The number of nitrogens with two attached hydrogens (primary N) is 1. The SMILES string of the molecule is Nc1cc(F)c(C(=O)OCCC2CCCO2)cc1F. The van der Waals surface area contributed by atoms with Gasteiger partial charge in [0.1, 0.15) is 11.6 Å². The van der Waals surface area contributed by atoms with Crippen molar-refractivity contribution >= 4 is 11.7 Å². The van der Waals surface area contributed by atoms with Gasteiger partial charge in [-0.3, -0.25) is 0 Å². The molecule has 1 aromatic carbocycles. The maximum absolute atomic E-state index is 13.4. The van der Waals surface area contributed by atoms with Gasteiger partial charge in [0.15, 0.2) is 0 Å². The first-order valence-electron chi connectivity index (χ1n) is 6.11. The molecule has 1 heterocycles. The molecule has 1 atom stereocenters. The number of hydrogen-bond acceptors (Lipinski definition) is 4. The Balaban J connectivity index is 1.90. The molecule has 0 bridgehead atoms. The Morgan fingerprint density at radius 3 is 2.89 bits per heavy atom. The van der Waals surface area contributed by atoms with E-state index in [0.29, 0.717) is 6.42 Å². The number of halogens is 2. The average molecular weight is 271 g/mol. The minimum atomic E-state index is -0.894. The number of anilines is 1. The van der Waals surface area contributed by atoms with E-state index in [-0.39, 0.29) is 18.4 Å². The molecular formula is C13H15F2NO3. The standard InChI is InChI=1S/C13H15F2NO3/c14-10-7-12(16)11(15)6-9(10)13(17)19-5-3-8-2-1-4-18-8/h6-8H,1-5,16H2. The fourth-order valence-corrected chi connectivity index (χ4v) is 1.95. The molecule has 19 heavy (non-hydrogen) atoms. The van der Waals surface area contributed by atoms with Gasteiger partial charge < -0.3 is 15.2 Å². The van der Waals surface area contributed by atoms with Crippen LogP contribution in [0.4, 0.5) is 14.5 Å². The Labute approximate surface area is 109 Å². The zero-order valence-corrected chi connectivity index (χ0v) is 10.3. The van der Waals surface area contributed by atoms with E-state index in [2.05, 4.69) is 0 Å². The summed E-state index contributed by atoms with van der Waals surface area (Å²) in [6.07, 6.45) is 2.57. The van der Waals surface area contributed by atoms with Crippen LogP contribution in [0.1, 0.15) is 29.6 Å². The fraction of sp³-hybridized carbons (Fsp3) is 0.462. The second kappa shape index (κ2) is 5.97. The van der Waals surface area contributed by atoms with Crippen molar-refractivity contribution in [2.75, 3.05) is 18.9 Å². The lowest BCUT2D eigenvalue weighted by Gasteiger charge is -2.10. The monoisotopic (exact) mass is 271 g/mol. The van der Waals surface area contributed by atoms with Crippen LogP contribution in [-0.2, 0) is 9.47 Å². The van der Waals surface area contributed by atoms with E-state index in [0.717, 1.165) is 31.6 Å². The predicted octanol–water partition coefficient (Wildman–Crippen LogP) is 2.27. The Hall–Kier alpha value is -1.69. The minimum absolute atomic E-state index is 0.0841. The Morgan fingerprint density at radius 1 is 1.42 bits per heavy atom. The first-order valence-corrected chi connectivity index (χ1v) is 6.11. The molecule has 0 amide bonds. The molecule has 1 saturated heterocycles. The number of esters is 1. The number of ether oxygens (including phenoxy) is 2. The van der Waals surface area contributed by atoms with Gasteiger partial charge in [0, 0.05) is 19.1 Å². The van der Waals surface area contributed by atoms with Crippen molar-refractivity contribution in [3.63, 3.8) is 0 Å². The number of benzene rings is 1. The van der Waals surface area contributed by atoms with Crippen LogP contribution in [0.25, 0.3) is 0 Å². The second-order valence-corrected chi connectivity index (χ2v) is 4.41. The highest BCUT2D eigenvalue weighted by Crippen LogP contribution is 2.18. The third-order valence-electron chi connectivity index (χ3n) is 3.00. The van der Waals surface area contributed by atoms with E-state index in [9.17, 15) is 13.6 Å². The van der Waals surface area contributed by atoms with E-state index >= 15 is 0 Å². The zero-order valence-electron chi connectivity index (χ0n) is 10.3. The van der Waals surface area contributed by atoms with Crippen LogP contribution in [0.5, 0.6) is 0 Å². The number of carbonyl (C=O) groups excluding carboxylic acids is 1. The van der Waals surface area contributed by atoms with Gasteiger partial charge in [-0.25, -0.2) is 13.6 Å². The van der Waals surface area contributed by atoms with Gasteiger partial charge in [0.25, 0.3) is 0 Å². The van der Waals surface area contributed by atoms with Gasteiger partial charge in [-0.15, -0.1) is 0 Å². The summed E-state index contributed by atoms with van der Waals surface area (Å²) in [5.41, 5.74) is 4.40. The van der Waals surface area contributed by atoms with Crippen molar-refractivity contribution in [2.45, 2.75) is 25.4 Å². The molecular weight excluding hydrogens is 256 g/mol. The first kappa shape index (κ1) is 13.7. The van der Waals surface area contributed by atoms with E-state index in [1.54, 1.807) is 0 Å². The van der Waals surface area contributed by atoms with E-state index < -0.39 is 23.2 Å². The third kappa shape index (κ3) is 3.41. The van der Waals surface area contributed by atoms with Crippen LogP contribution in [0.3, 0.4) is 0 Å². The fourth-order valence-electron chi connectivity index (χ4n) is 1.95. The van der Waals surface area contributed by atoms with Crippen LogP contribution in [-0.4, -0.2) is 25.3 Å². The maximum atomic E-state index is 13.4. The highest BCUT2D eigenvalue weighted by atomic mass is 19.1. The molecule has 0 spiro atoms. The molecule has 104 valence electrons. The summed E-state index contributed by atoms with van der Waals surface area (Å²) in [5.74, 6) is -2.62. The zero-order chi connectivity index (χ0) is 13.8. The van der Waals surface area contributed by atoms with E-state index in [1.165, 1.54) is 0 Å². The maximum Gasteiger partial charge on any atom is 0.341 e. The molecule has 1 aliphatic rings. The first-order chi connectivity index (χ1) is 9.08. The molecule has 0 aromatic heterocycles. The molecule has 2 rings (SSSR count). The average Bonchev–Trinajstić information content (AvgIpc) is 2.86. The van der Waals surface area contributed by atoms with Crippen LogP contribution in [0.15, 0.2) is 12.1 Å². The lowest BCUT2D eigenvalue weighted by molar-refractivity contribution is 0.0381. The van der Waals surface area contributed by atoms with Crippen molar-refractivity contribution in [1.29, 1.82) is 0 Å². The molecule has 1 aliphatic heterocycles. The molecule has 0 radical (unpaired) electrons. The van der Waals surface area contributed by atoms with Gasteiger partial charge in [-0.2, -0.15) is 0 Å². The summed E-state index contributed by atoms with van der Waals surface area (Å²) in [6, 6.07) is 1.52. The van der Waals surface area contributed by atoms with Crippen molar-refractivity contribution in [3.05, 3.63) is 29.3 Å². The van der Waals surface area contributed by atoms with Crippen molar-refractivity contribution < 1.29 is 23.0 Å². The number of rotatable bonds is 4. The Morgan fingerprint density at radius 2 is 2.21 bits per heavy atom. The van der Waals surface area contributed by atoms with Gasteiger partial charge >= 0.3 is 5.97 Å². The minimum Gasteiger partial charge on any atom is -0.462 e. The summed E-state index contributed by atoms with van der Waals surface area (Å²) >= 11 is 0. The molecule has 4 nitrogen and oxygen atoms in total. The lowest BCUT2D eigenvalue weighted by atomic mass is 10.2. The highest BCUT2D eigenvalue weighted by molar-refractivity contribution is 5.90. The molecule has 0 aliphatic carbocycles. The summed E-state index contributed by atoms with van der Waals surface area (Å²) in [6.45, 7) is 0.839. The van der Waals surface area contributed by atoms with E-state index in [1.807, 2.05) is 0 Å². The molecule has 1 fully saturated rings. The summed E-state index contributed by atoms with van der Waals surface area (Å²) in [4.78, 5) is 11.6. The Bertz CT molecular complexity index is 473. The molecule has 2 N–H and O–H groups in total. The third-order valence-corrected chi connectivity index (χ3v) is 3.00. The van der Waals surface area contributed by atoms with Crippen LogP contribution < -0.4 is 5.73 Å². The van der Waals surface area contributed by atoms with Gasteiger partial charge in [-0.05, 0) is 18.9 Å². The largest absolute Gasteiger partial charge is 0.462 e. The topological polar surface area (TPSA) is 61.6 Å². The summed E-state index contributed by atoms with van der Waals surface area (Å²) < 4.78 is 36.9. The molecule has 6 heteroatoms. The van der Waals surface area contributed by atoms with Gasteiger partial charge in [0.2, 0.25) is 0 Å².